The number of methoxy groups -OCH3 is 1. The highest BCUT2D eigenvalue weighted by Crippen LogP contribution is 2.59. The van der Waals surface area contributed by atoms with Crippen molar-refractivity contribution >= 4 is 17.3 Å². The van der Waals surface area contributed by atoms with Crippen LogP contribution in [0.2, 0.25) is 0 Å². The summed E-state index contributed by atoms with van der Waals surface area (Å²) in [5.41, 5.74) is 0.731. The average molecular weight is 493 g/mol. The van der Waals surface area contributed by atoms with Crippen molar-refractivity contribution in [2.24, 2.45) is 11.8 Å². The van der Waals surface area contributed by atoms with E-state index in [2.05, 4.69) is 57.8 Å². The van der Waals surface area contributed by atoms with Crippen molar-refractivity contribution in [1.82, 2.24) is 10.2 Å². The van der Waals surface area contributed by atoms with Crippen LogP contribution < -0.4 is 0 Å². The fourth-order valence-corrected chi connectivity index (χ4v) is 6.69. The zero-order chi connectivity index (χ0) is 24.7. The topological polar surface area (TPSA) is 86.4 Å². The van der Waals surface area contributed by atoms with E-state index in [1.165, 1.54) is 5.57 Å². The molecule has 1 aromatic rings. The van der Waals surface area contributed by atoms with E-state index < -0.39 is 0 Å². The van der Waals surface area contributed by atoms with Crippen LogP contribution in [0.5, 0.6) is 0 Å². The Labute approximate surface area is 207 Å². The van der Waals surface area contributed by atoms with Crippen molar-refractivity contribution in [1.29, 1.82) is 0 Å². The number of aromatic nitrogens is 2. The molecule has 34 heavy (non-hydrogen) atoms. The molecule has 4 rings (SSSR count). The molecule has 1 aromatic heterocycles. The van der Waals surface area contributed by atoms with Crippen molar-refractivity contribution in [3.8, 4) is 0 Å². The number of hydrogen-bond donors (Lipinski definition) is 0. The molecule has 3 heterocycles. The summed E-state index contributed by atoms with van der Waals surface area (Å²) in [4.78, 5) is 13.1. The van der Waals surface area contributed by atoms with Crippen LogP contribution in [0.4, 0.5) is 0 Å². The van der Waals surface area contributed by atoms with Gasteiger partial charge in [-0.05, 0) is 52.4 Å². The summed E-state index contributed by atoms with van der Waals surface area (Å²) >= 11 is 1.60. The molecule has 3 fully saturated rings. The molecular weight excluding hydrogens is 452 g/mol. The van der Waals surface area contributed by atoms with E-state index in [1.54, 1.807) is 18.4 Å². The monoisotopic (exact) mass is 492 g/mol. The van der Waals surface area contributed by atoms with Crippen LogP contribution in [0.1, 0.15) is 83.2 Å². The van der Waals surface area contributed by atoms with Gasteiger partial charge in [-0.1, -0.05) is 32.4 Å². The SMILES string of the molecule is CCc1nnc([C@H](CC(=O)O[C@@H]2CC[C@]3(CO3)C([C@@]3(C)O[C@@H]3CC=C(C)C)[C@@H]2OC)C(C)C)s1. The van der Waals surface area contributed by atoms with Crippen LogP contribution in [0, 0.1) is 11.8 Å². The Kier molecular flexibility index (Phi) is 7.54. The Morgan fingerprint density at radius 3 is 2.62 bits per heavy atom. The molecule has 0 bridgehead atoms. The maximum absolute atomic E-state index is 13.1. The van der Waals surface area contributed by atoms with E-state index in [4.69, 9.17) is 18.9 Å². The van der Waals surface area contributed by atoms with Crippen molar-refractivity contribution in [2.45, 2.75) is 109 Å². The van der Waals surface area contributed by atoms with Gasteiger partial charge in [0, 0.05) is 13.0 Å². The first-order chi connectivity index (χ1) is 16.1. The maximum atomic E-state index is 13.1. The van der Waals surface area contributed by atoms with E-state index in [9.17, 15) is 4.79 Å². The zero-order valence-electron chi connectivity index (χ0n) is 21.6. The number of nitrogens with zero attached hydrogens (tertiary/aromatic N) is 2. The number of epoxide rings is 2. The maximum Gasteiger partial charge on any atom is 0.306 e. The fourth-order valence-electron chi connectivity index (χ4n) is 5.63. The van der Waals surface area contributed by atoms with E-state index in [0.717, 1.165) is 42.3 Å². The Balaban J connectivity index is 1.45. The van der Waals surface area contributed by atoms with Gasteiger partial charge in [0.15, 0.2) is 0 Å². The van der Waals surface area contributed by atoms with E-state index in [1.807, 2.05) is 0 Å². The molecule has 0 N–H and O–H groups in total. The van der Waals surface area contributed by atoms with Gasteiger partial charge >= 0.3 is 5.97 Å². The molecule has 8 heteroatoms. The van der Waals surface area contributed by atoms with Gasteiger partial charge in [-0.25, -0.2) is 0 Å². The molecule has 1 unspecified atom stereocenters. The van der Waals surface area contributed by atoms with Gasteiger partial charge < -0.3 is 18.9 Å². The number of rotatable bonds is 10. The van der Waals surface area contributed by atoms with Gasteiger partial charge in [0.1, 0.15) is 33.4 Å². The first-order valence-electron chi connectivity index (χ1n) is 12.6. The lowest BCUT2D eigenvalue weighted by Crippen LogP contribution is -2.55. The van der Waals surface area contributed by atoms with Crippen LogP contribution in [0.25, 0.3) is 0 Å². The Bertz CT molecular complexity index is 907. The Morgan fingerprint density at radius 2 is 2.06 bits per heavy atom. The quantitative estimate of drug-likeness (QED) is 0.262. The summed E-state index contributed by atoms with van der Waals surface area (Å²) in [5, 5.41) is 10.5. The van der Waals surface area contributed by atoms with E-state index in [-0.39, 0.29) is 53.2 Å². The van der Waals surface area contributed by atoms with Gasteiger partial charge in [-0.2, -0.15) is 0 Å². The van der Waals surface area contributed by atoms with E-state index >= 15 is 0 Å². The van der Waals surface area contributed by atoms with Gasteiger partial charge in [0.05, 0.1) is 25.0 Å². The molecule has 1 spiro atoms. The predicted octanol–water partition coefficient (Wildman–Crippen LogP) is 4.85. The highest BCUT2D eigenvalue weighted by molar-refractivity contribution is 7.11. The van der Waals surface area contributed by atoms with Crippen LogP contribution >= 0.6 is 11.3 Å². The largest absolute Gasteiger partial charge is 0.460 e. The van der Waals surface area contributed by atoms with Crippen molar-refractivity contribution in [3.63, 3.8) is 0 Å². The molecule has 1 saturated carbocycles. The highest BCUT2D eigenvalue weighted by Gasteiger charge is 2.72. The normalized spacial score (nSPS) is 35.3. The van der Waals surface area contributed by atoms with Gasteiger partial charge in [-0.15, -0.1) is 21.5 Å². The molecule has 0 amide bonds. The van der Waals surface area contributed by atoms with Gasteiger partial charge in [0.25, 0.3) is 0 Å². The van der Waals surface area contributed by atoms with Crippen molar-refractivity contribution < 1.29 is 23.7 Å². The standard InChI is InChI=1S/C26H40N2O5S/c1-8-20-27-28-24(34-20)17(16(4)5)13-21(29)32-18-11-12-26(14-31-26)23(22(18)30-7)25(6)19(33-25)10-9-15(2)3/h9,16-19,22-23H,8,10-14H2,1-7H3/t17-,18-,19-,22-,23?,25+,26+/m1/s1. The summed E-state index contributed by atoms with van der Waals surface area (Å²) in [6.45, 7) is 13.4. The number of ether oxygens (including phenoxy) is 4. The summed E-state index contributed by atoms with van der Waals surface area (Å²) in [7, 11) is 1.71. The number of carbonyl (C=O) groups is 1. The Morgan fingerprint density at radius 1 is 1.32 bits per heavy atom. The summed E-state index contributed by atoms with van der Waals surface area (Å²) in [6, 6.07) is 0. The number of esters is 1. The lowest BCUT2D eigenvalue weighted by molar-refractivity contribution is -0.172. The first kappa shape index (κ1) is 25.7. The molecule has 2 aliphatic heterocycles. The lowest BCUT2D eigenvalue weighted by atomic mass is 9.68. The van der Waals surface area contributed by atoms with Crippen LogP contribution in [-0.2, 0) is 30.2 Å². The lowest BCUT2D eigenvalue weighted by Gasteiger charge is -2.42. The van der Waals surface area contributed by atoms with Crippen LogP contribution in [0.15, 0.2) is 11.6 Å². The molecule has 0 aromatic carbocycles. The molecule has 2 saturated heterocycles. The second kappa shape index (κ2) is 9.96. The predicted molar refractivity (Wildman–Crippen MR) is 131 cm³/mol. The highest BCUT2D eigenvalue weighted by atomic mass is 32.1. The molecule has 190 valence electrons. The summed E-state index contributed by atoms with van der Waals surface area (Å²) in [6.07, 6.45) is 5.41. The number of allylic oxidation sites excluding steroid dienone is 1. The molecular formula is C26H40N2O5S. The summed E-state index contributed by atoms with van der Waals surface area (Å²) in [5.74, 6) is 0.0958. The third kappa shape index (κ3) is 5.11. The second-order valence-corrected chi connectivity index (χ2v) is 11.9. The van der Waals surface area contributed by atoms with Crippen molar-refractivity contribution in [3.05, 3.63) is 21.7 Å². The number of carbonyl (C=O) groups excluding carboxylic acids is 1. The second-order valence-electron chi connectivity index (χ2n) is 10.8. The average Bonchev–Trinajstić information content (AvgIpc) is 3.64. The Hall–Kier alpha value is -1.35. The molecule has 3 aliphatic rings. The minimum absolute atomic E-state index is 0.00141. The minimum atomic E-state index is -0.336. The summed E-state index contributed by atoms with van der Waals surface area (Å²) < 4.78 is 24.4. The van der Waals surface area contributed by atoms with Crippen LogP contribution in [0.3, 0.4) is 0 Å². The molecule has 0 radical (unpaired) electrons. The fraction of sp³-hybridized carbons (Fsp3) is 0.808. The first-order valence-corrected chi connectivity index (χ1v) is 13.4. The number of aryl methyl sites for hydroxylation is 1. The number of hydrogen-bond acceptors (Lipinski definition) is 8. The molecule has 7 atom stereocenters. The molecule has 1 aliphatic carbocycles. The molecule has 7 nitrogen and oxygen atoms in total. The van der Waals surface area contributed by atoms with E-state index in [0.29, 0.717) is 6.42 Å². The zero-order valence-corrected chi connectivity index (χ0v) is 22.4. The van der Waals surface area contributed by atoms with Crippen molar-refractivity contribution in [2.75, 3.05) is 13.7 Å². The van der Waals surface area contributed by atoms with Gasteiger partial charge in [-0.3, -0.25) is 4.79 Å². The van der Waals surface area contributed by atoms with Gasteiger partial charge in [0.2, 0.25) is 0 Å². The smallest absolute Gasteiger partial charge is 0.306 e. The minimum Gasteiger partial charge on any atom is -0.460 e. The van der Waals surface area contributed by atoms with Crippen LogP contribution in [-0.4, -0.2) is 59.4 Å². The third-order valence-electron chi connectivity index (χ3n) is 7.81. The third-order valence-corrected chi connectivity index (χ3v) is 9.01.